The van der Waals surface area contributed by atoms with Crippen LogP contribution in [-0.4, -0.2) is 29.9 Å². The van der Waals surface area contributed by atoms with Crippen molar-refractivity contribution in [3.8, 4) is 5.75 Å². The first-order valence-corrected chi connectivity index (χ1v) is 10.0. The number of hydrogen-bond acceptors (Lipinski definition) is 4. The molecule has 1 atom stereocenters. The topological polar surface area (TPSA) is 66.8 Å². The lowest BCUT2D eigenvalue weighted by molar-refractivity contribution is -0.135. The number of hydrogen-bond donors (Lipinski definition) is 1. The Labute approximate surface area is 179 Å². The van der Waals surface area contributed by atoms with Crippen LogP contribution in [-0.2, 0) is 10.4 Å². The largest absolute Gasteiger partial charge is 0.491 e. The highest BCUT2D eigenvalue weighted by Gasteiger charge is 2.50. The SMILES string of the molecule is Cc1ccccc1OCCN1C(=O)[C@@](O)(CC(=O)c2ccc(F)cc2)c2ccccc21. The Hall–Kier alpha value is -3.51. The molecule has 0 aromatic heterocycles. The van der Waals surface area contributed by atoms with Crippen molar-refractivity contribution < 1.29 is 23.8 Å². The van der Waals surface area contributed by atoms with Gasteiger partial charge in [0.25, 0.3) is 5.91 Å². The van der Waals surface area contributed by atoms with Gasteiger partial charge in [0.15, 0.2) is 11.4 Å². The average molecular weight is 419 g/mol. The molecular formula is C25H22FNO4. The number of halogens is 1. The molecule has 1 aliphatic rings. The molecular weight excluding hydrogens is 397 g/mol. The minimum absolute atomic E-state index is 0.219. The zero-order valence-corrected chi connectivity index (χ0v) is 17.0. The third-order valence-electron chi connectivity index (χ3n) is 5.49. The van der Waals surface area contributed by atoms with Gasteiger partial charge in [-0.3, -0.25) is 9.59 Å². The highest BCUT2D eigenvalue weighted by molar-refractivity contribution is 6.10. The molecule has 1 heterocycles. The van der Waals surface area contributed by atoms with Gasteiger partial charge in [0.1, 0.15) is 18.2 Å². The minimum Gasteiger partial charge on any atom is -0.491 e. The first kappa shape index (κ1) is 20.8. The first-order chi connectivity index (χ1) is 14.9. The van der Waals surface area contributed by atoms with Crippen LogP contribution in [0, 0.1) is 12.7 Å². The molecule has 1 amide bonds. The Balaban J connectivity index is 1.54. The summed E-state index contributed by atoms with van der Waals surface area (Å²) < 4.78 is 19.0. The molecule has 0 spiro atoms. The summed E-state index contributed by atoms with van der Waals surface area (Å²) in [5.74, 6) is -0.747. The Morgan fingerprint density at radius 2 is 1.71 bits per heavy atom. The number of aryl methyl sites for hydroxylation is 1. The number of anilines is 1. The van der Waals surface area contributed by atoms with E-state index < -0.39 is 29.5 Å². The normalized spacial score (nSPS) is 17.5. The lowest BCUT2D eigenvalue weighted by Gasteiger charge is -2.23. The molecule has 0 bridgehead atoms. The van der Waals surface area contributed by atoms with Gasteiger partial charge in [0.2, 0.25) is 0 Å². The van der Waals surface area contributed by atoms with Gasteiger partial charge in [-0.2, -0.15) is 0 Å². The van der Waals surface area contributed by atoms with E-state index in [0.717, 1.165) is 11.3 Å². The van der Waals surface area contributed by atoms with Crippen molar-refractivity contribution in [3.05, 3.63) is 95.3 Å². The predicted octanol–water partition coefficient (Wildman–Crippen LogP) is 4.02. The Morgan fingerprint density at radius 3 is 2.45 bits per heavy atom. The average Bonchev–Trinajstić information content (AvgIpc) is 2.97. The second kappa shape index (κ2) is 8.32. The number of benzene rings is 3. The summed E-state index contributed by atoms with van der Waals surface area (Å²) in [6.45, 7) is 2.38. The van der Waals surface area contributed by atoms with Crippen LogP contribution in [0.1, 0.15) is 27.9 Å². The van der Waals surface area contributed by atoms with E-state index in [1.165, 1.54) is 29.2 Å². The lowest BCUT2D eigenvalue weighted by Crippen LogP contribution is -2.43. The van der Waals surface area contributed by atoms with Gasteiger partial charge in [0.05, 0.1) is 18.7 Å². The Morgan fingerprint density at radius 1 is 1.03 bits per heavy atom. The molecule has 1 N–H and O–H groups in total. The maximum absolute atomic E-state index is 13.2. The molecule has 0 fully saturated rings. The van der Waals surface area contributed by atoms with Crippen LogP contribution in [0.25, 0.3) is 0 Å². The number of Topliss-reactive ketones (excluding diaryl/α,β-unsaturated/α-hetero) is 1. The lowest BCUT2D eigenvalue weighted by atomic mass is 9.88. The fourth-order valence-electron chi connectivity index (χ4n) is 3.83. The van der Waals surface area contributed by atoms with Gasteiger partial charge in [-0.15, -0.1) is 0 Å². The number of amides is 1. The van der Waals surface area contributed by atoms with Gasteiger partial charge in [-0.25, -0.2) is 4.39 Å². The molecule has 1 aliphatic heterocycles. The van der Waals surface area contributed by atoms with Crippen LogP contribution in [0.3, 0.4) is 0 Å². The molecule has 3 aromatic carbocycles. The number of para-hydroxylation sites is 2. The van der Waals surface area contributed by atoms with E-state index in [0.29, 0.717) is 11.3 Å². The summed E-state index contributed by atoms with van der Waals surface area (Å²) in [4.78, 5) is 27.4. The Kier molecular flexibility index (Phi) is 5.57. The van der Waals surface area contributed by atoms with Crippen LogP contribution in [0.5, 0.6) is 5.75 Å². The maximum Gasteiger partial charge on any atom is 0.264 e. The molecule has 3 aromatic rings. The molecule has 0 aliphatic carbocycles. The van der Waals surface area contributed by atoms with Crippen molar-refractivity contribution in [2.24, 2.45) is 0 Å². The van der Waals surface area contributed by atoms with Crippen LogP contribution in [0.2, 0.25) is 0 Å². The molecule has 0 radical (unpaired) electrons. The van der Waals surface area contributed by atoms with E-state index in [2.05, 4.69) is 0 Å². The van der Waals surface area contributed by atoms with Crippen LogP contribution in [0.4, 0.5) is 10.1 Å². The van der Waals surface area contributed by atoms with E-state index in [4.69, 9.17) is 4.74 Å². The summed E-state index contributed by atoms with van der Waals surface area (Å²) in [6, 6.07) is 19.5. The maximum atomic E-state index is 13.2. The van der Waals surface area contributed by atoms with Gasteiger partial charge in [-0.1, -0.05) is 36.4 Å². The highest BCUT2D eigenvalue weighted by Crippen LogP contribution is 2.42. The second-order valence-corrected chi connectivity index (χ2v) is 7.56. The number of fused-ring (bicyclic) bond motifs is 1. The number of carbonyl (C=O) groups is 2. The van der Waals surface area contributed by atoms with Gasteiger partial charge in [-0.05, 0) is 48.9 Å². The molecule has 158 valence electrons. The second-order valence-electron chi connectivity index (χ2n) is 7.56. The summed E-state index contributed by atoms with van der Waals surface area (Å²) in [5.41, 5.74) is 0.171. The molecule has 0 saturated carbocycles. The molecule has 0 saturated heterocycles. The van der Waals surface area contributed by atoms with E-state index in [-0.39, 0.29) is 18.7 Å². The summed E-state index contributed by atoms with van der Waals surface area (Å²) in [6.07, 6.45) is -0.427. The van der Waals surface area contributed by atoms with Crippen molar-refractivity contribution in [1.29, 1.82) is 0 Å². The fraction of sp³-hybridized carbons (Fsp3) is 0.200. The molecule has 6 heteroatoms. The zero-order chi connectivity index (χ0) is 22.0. The molecule has 0 unspecified atom stereocenters. The summed E-state index contributed by atoms with van der Waals surface area (Å²) in [7, 11) is 0. The standard InChI is InChI=1S/C25H22FNO4/c1-17-6-2-5-9-23(17)31-15-14-27-21-8-4-3-7-20(21)25(30,24(27)29)16-22(28)18-10-12-19(26)13-11-18/h2-13,30H,14-16H2,1H3/t25-/m1/s1. The molecule has 4 rings (SSSR count). The number of nitrogens with zero attached hydrogens (tertiary/aromatic N) is 1. The van der Waals surface area contributed by atoms with Crippen molar-refractivity contribution in [2.75, 3.05) is 18.1 Å². The quantitative estimate of drug-likeness (QED) is 0.588. The van der Waals surface area contributed by atoms with E-state index >= 15 is 0 Å². The monoisotopic (exact) mass is 419 g/mol. The molecule has 5 nitrogen and oxygen atoms in total. The smallest absolute Gasteiger partial charge is 0.264 e. The van der Waals surface area contributed by atoms with Crippen molar-refractivity contribution in [2.45, 2.75) is 18.9 Å². The number of ketones is 1. The van der Waals surface area contributed by atoms with E-state index in [9.17, 15) is 19.1 Å². The molecule has 31 heavy (non-hydrogen) atoms. The van der Waals surface area contributed by atoms with Crippen molar-refractivity contribution >= 4 is 17.4 Å². The van der Waals surface area contributed by atoms with Crippen molar-refractivity contribution in [3.63, 3.8) is 0 Å². The van der Waals surface area contributed by atoms with E-state index in [1.807, 2.05) is 31.2 Å². The van der Waals surface area contributed by atoms with Crippen molar-refractivity contribution in [1.82, 2.24) is 0 Å². The Bertz CT molecular complexity index is 1130. The van der Waals surface area contributed by atoms with Crippen LogP contribution < -0.4 is 9.64 Å². The minimum atomic E-state index is -1.98. The zero-order valence-electron chi connectivity index (χ0n) is 17.0. The van der Waals surface area contributed by atoms with Gasteiger partial charge in [0, 0.05) is 11.1 Å². The number of rotatable bonds is 7. The number of carbonyl (C=O) groups excluding carboxylic acids is 2. The van der Waals surface area contributed by atoms with Crippen LogP contribution in [0.15, 0.2) is 72.8 Å². The van der Waals surface area contributed by atoms with E-state index in [1.54, 1.807) is 24.3 Å². The summed E-state index contributed by atoms with van der Waals surface area (Å²) >= 11 is 0. The third kappa shape index (κ3) is 3.94. The first-order valence-electron chi connectivity index (χ1n) is 10.0. The van der Waals surface area contributed by atoms with Gasteiger partial charge >= 0.3 is 0 Å². The third-order valence-corrected chi connectivity index (χ3v) is 5.49. The van der Waals surface area contributed by atoms with Crippen LogP contribution >= 0.6 is 0 Å². The predicted molar refractivity (Wildman–Crippen MR) is 115 cm³/mol. The number of aliphatic hydroxyl groups is 1. The van der Waals surface area contributed by atoms with Gasteiger partial charge < -0.3 is 14.7 Å². The number of ether oxygens (including phenoxy) is 1. The fourth-order valence-corrected chi connectivity index (χ4v) is 3.83. The highest BCUT2D eigenvalue weighted by atomic mass is 19.1. The summed E-state index contributed by atoms with van der Waals surface area (Å²) in [5, 5.41) is 11.3.